The lowest BCUT2D eigenvalue weighted by Gasteiger charge is -2.09. The number of carbonyl (C=O) groups is 1. The summed E-state index contributed by atoms with van der Waals surface area (Å²) in [7, 11) is 0. The zero-order valence-corrected chi connectivity index (χ0v) is 16.6. The number of amides is 1. The van der Waals surface area contributed by atoms with Crippen molar-refractivity contribution in [1.29, 1.82) is 0 Å². The highest BCUT2D eigenvalue weighted by molar-refractivity contribution is 6.04. The van der Waals surface area contributed by atoms with Gasteiger partial charge < -0.3 is 16.0 Å². The van der Waals surface area contributed by atoms with E-state index >= 15 is 0 Å². The molecule has 10 nitrogen and oxygen atoms in total. The normalized spacial score (nSPS) is 10.2. The van der Waals surface area contributed by atoms with Crippen molar-refractivity contribution in [3.8, 4) is 0 Å². The van der Waals surface area contributed by atoms with Gasteiger partial charge in [-0.05, 0) is 48.5 Å². The lowest BCUT2D eigenvalue weighted by atomic mass is 10.2. The summed E-state index contributed by atoms with van der Waals surface area (Å²) in [5.41, 5.74) is 1.60. The number of anilines is 5. The second-order valence-corrected chi connectivity index (χ2v) is 6.59. The van der Waals surface area contributed by atoms with Gasteiger partial charge in [0.1, 0.15) is 23.8 Å². The molecular weight excluding hydrogens is 410 g/mol. The van der Waals surface area contributed by atoms with Crippen LogP contribution in [0.15, 0.2) is 85.3 Å². The summed E-state index contributed by atoms with van der Waals surface area (Å²) >= 11 is 0. The molecular formula is C22H17N7O3. The molecule has 2 heterocycles. The fourth-order valence-corrected chi connectivity index (χ4v) is 2.78. The average Bonchev–Trinajstić information content (AvgIpc) is 2.81. The first kappa shape index (κ1) is 20.4. The molecule has 0 aliphatic rings. The Morgan fingerprint density at radius 1 is 0.781 bits per heavy atom. The number of hydrogen-bond donors (Lipinski definition) is 3. The third-order valence-electron chi connectivity index (χ3n) is 4.34. The van der Waals surface area contributed by atoms with E-state index in [-0.39, 0.29) is 11.6 Å². The number of nitrogens with zero attached hydrogens (tertiary/aromatic N) is 4. The van der Waals surface area contributed by atoms with Crippen LogP contribution in [-0.4, -0.2) is 25.8 Å². The standard InChI is InChI=1S/C22H17N7O3/c30-22(15-4-10-18(11-5-15)29(31)32)27-17-8-6-16(7-9-17)26-20-13-21(25-14-24-20)28-19-3-1-2-12-23-19/h1-14H,(H,27,30)(H2,23,24,25,26,28). The van der Waals surface area contributed by atoms with Gasteiger partial charge in [-0.25, -0.2) is 15.0 Å². The highest BCUT2D eigenvalue weighted by Crippen LogP contribution is 2.21. The van der Waals surface area contributed by atoms with Crippen LogP contribution in [0.3, 0.4) is 0 Å². The Bertz CT molecular complexity index is 1230. The third kappa shape index (κ3) is 5.19. The van der Waals surface area contributed by atoms with Crippen LogP contribution in [0.25, 0.3) is 0 Å². The number of hydrogen-bond acceptors (Lipinski definition) is 8. The van der Waals surface area contributed by atoms with E-state index in [1.165, 1.54) is 30.6 Å². The largest absolute Gasteiger partial charge is 0.340 e. The zero-order valence-electron chi connectivity index (χ0n) is 16.6. The Kier molecular flexibility index (Phi) is 5.94. The molecule has 10 heteroatoms. The Hall–Kier alpha value is -4.86. The fraction of sp³-hybridized carbons (Fsp3) is 0. The maximum absolute atomic E-state index is 12.3. The third-order valence-corrected chi connectivity index (χ3v) is 4.34. The molecule has 4 rings (SSSR count). The van der Waals surface area contributed by atoms with Crippen molar-refractivity contribution in [2.75, 3.05) is 16.0 Å². The van der Waals surface area contributed by atoms with E-state index in [0.29, 0.717) is 28.7 Å². The molecule has 2 aromatic carbocycles. The van der Waals surface area contributed by atoms with Crippen molar-refractivity contribution in [3.05, 3.63) is 101 Å². The molecule has 4 aromatic rings. The Morgan fingerprint density at radius 2 is 1.47 bits per heavy atom. The predicted octanol–water partition coefficient (Wildman–Crippen LogP) is 4.52. The molecule has 0 aliphatic heterocycles. The number of non-ortho nitro benzene ring substituents is 1. The first-order valence-electron chi connectivity index (χ1n) is 9.50. The summed E-state index contributed by atoms with van der Waals surface area (Å²) in [5, 5.41) is 19.7. The van der Waals surface area contributed by atoms with Gasteiger partial charge in [0.15, 0.2) is 0 Å². The first-order chi connectivity index (χ1) is 15.6. The molecule has 1 amide bonds. The van der Waals surface area contributed by atoms with E-state index in [4.69, 9.17) is 0 Å². The van der Waals surface area contributed by atoms with Crippen molar-refractivity contribution < 1.29 is 9.72 Å². The number of carbonyl (C=O) groups excluding carboxylic acids is 1. The van der Waals surface area contributed by atoms with Crippen LogP contribution in [0, 0.1) is 10.1 Å². The fourth-order valence-electron chi connectivity index (χ4n) is 2.78. The molecule has 158 valence electrons. The Labute approximate surface area is 182 Å². The van der Waals surface area contributed by atoms with Crippen LogP contribution in [-0.2, 0) is 0 Å². The highest BCUT2D eigenvalue weighted by Gasteiger charge is 2.10. The number of rotatable bonds is 7. The van der Waals surface area contributed by atoms with E-state index in [1.54, 1.807) is 36.5 Å². The van der Waals surface area contributed by atoms with E-state index in [1.807, 2.05) is 18.2 Å². The summed E-state index contributed by atoms with van der Waals surface area (Å²) in [6, 6.07) is 19.7. The lowest BCUT2D eigenvalue weighted by molar-refractivity contribution is -0.384. The molecule has 2 aromatic heterocycles. The molecule has 3 N–H and O–H groups in total. The summed E-state index contributed by atoms with van der Waals surface area (Å²) in [4.78, 5) is 35.1. The van der Waals surface area contributed by atoms with Crippen LogP contribution in [0.5, 0.6) is 0 Å². The monoisotopic (exact) mass is 427 g/mol. The van der Waals surface area contributed by atoms with Crippen LogP contribution in [0.2, 0.25) is 0 Å². The predicted molar refractivity (Wildman–Crippen MR) is 120 cm³/mol. The van der Waals surface area contributed by atoms with Gasteiger partial charge >= 0.3 is 0 Å². The molecule has 0 spiro atoms. The minimum Gasteiger partial charge on any atom is -0.340 e. The summed E-state index contributed by atoms with van der Waals surface area (Å²) in [6.07, 6.45) is 3.12. The van der Waals surface area contributed by atoms with Gasteiger partial charge in [-0.3, -0.25) is 14.9 Å². The molecule has 0 aliphatic carbocycles. The van der Waals surface area contributed by atoms with Gasteiger partial charge in [0.05, 0.1) is 4.92 Å². The number of aromatic nitrogens is 3. The van der Waals surface area contributed by atoms with Gasteiger partial charge in [-0.1, -0.05) is 6.07 Å². The highest BCUT2D eigenvalue weighted by atomic mass is 16.6. The Balaban J connectivity index is 1.38. The Morgan fingerprint density at radius 3 is 2.12 bits per heavy atom. The SMILES string of the molecule is O=C(Nc1ccc(Nc2cc(Nc3ccccn3)ncn2)cc1)c1ccc([N+](=O)[O-])cc1. The molecule has 32 heavy (non-hydrogen) atoms. The van der Waals surface area contributed by atoms with E-state index in [9.17, 15) is 14.9 Å². The van der Waals surface area contributed by atoms with E-state index in [2.05, 4.69) is 30.9 Å². The average molecular weight is 427 g/mol. The molecule has 0 unspecified atom stereocenters. The van der Waals surface area contributed by atoms with E-state index in [0.717, 1.165) is 5.69 Å². The molecule has 0 saturated carbocycles. The smallest absolute Gasteiger partial charge is 0.269 e. The van der Waals surface area contributed by atoms with Crippen molar-refractivity contribution in [2.24, 2.45) is 0 Å². The minimum atomic E-state index is -0.511. The maximum atomic E-state index is 12.3. The summed E-state index contributed by atoms with van der Waals surface area (Å²) in [5.74, 6) is 1.49. The van der Waals surface area contributed by atoms with Crippen molar-refractivity contribution in [1.82, 2.24) is 15.0 Å². The molecule has 0 radical (unpaired) electrons. The number of nitro benzene ring substituents is 1. The maximum Gasteiger partial charge on any atom is 0.269 e. The van der Waals surface area contributed by atoms with Crippen molar-refractivity contribution in [2.45, 2.75) is 0 Å². The van der Waals surface area contributed by atoms with Crippen LogP contribution < -0.4 is 16.0 Å². The van der Waals surface area contributed by atoms with Crippen LogP contribution >= 0.6 is 0 Å². The van der Waals surface area contributed by atoms with Gasteiger partial charge in [0, 0.05) is 41.3 Å². The number of pyridine rings is 1. The van der Waals surface area contributed by atoms with Gasteiger partial charge in [-0.2, -0.15) is 0 Å². The number of nitrogens with one attached hydrogen (secondary N) is 3. The topological polar surface area (TPSA) is 135 Å². The molecule has 0 fully saturated rings. The molecule has 0 saturated heterocycles. The lowest BCUT2D eigenvalue weighted by Crippen LogP contribution is -2.11. The molecule has 0 atom stereocenters. The van der Waals surface area contributed by atoms with Crippen molar-refractivity contribution in [3.63, 3.8) is 0 Å². The summed E-state index contributed by atoms with van der Waals surface area (Å²) in [6.45, 7) is 0. The second kappa shape index (κ2) is 9.30. The summed E-state index contributed by atoms with van der Waals surface area (Å²) < 4.78 is 0. The zero-order chi connectivity index (χ0) is 22.3. The van der Waals surface area contributed by atoms with Gasteiger partial charge in [0.25, 0.3) is 11.6 Å². The van der Waals surface area contributed by atoms with Crippen LogP contribution in [0.1, 0.15) is 10.4 Å². The van der Waals surface area contributed by atoms with Gasteiger partial charge in [-0.15, -0.1) is 0 Å². The molecule has 0 bridgehead atoms. The van der Waals surface area contributed by atoms with Crippen LogP contribution in [0.4, 0.5) is 34.5 Å². The number of benzene rings is 2. The van der Waals surface area contributed by atoms with Gasteiger partial charge in [0.2, 0.25) is 0 Å². The number of nitro groups is 1. The minimum absolute atomic E-state index is 0.0694. The van der Waals surface area contributed by atoms with E-state index < -0.39 is 4.92 Å². The van der Waals surface area contributed by atoms with Crippen molar-refractivity contribution >= 4 is 40.4 Å². The first-order valence-corrected chi connectivity index (χ1v) is 9.50. The quantitative estimate of drug-likeness (QED) is 0.289. The second-order valence-electron chi connectivity index (χ2n) is 6.59.